The zero-order valence-corrected chi connectivity index (χ0v) is 9.92. The van der Waals surface area contributed by atoms with Crippen LogP contribution in [-0.4, -0.2) is 4.98 Å². The molecule has 1 aromatic carbocycles. The monoisotopic (exact) mass is 220 g/mol. The van der Waals surface area contributed by atoms with Crippen molar-refractivity contribution in [3.05, 3.63) is 29.3 Å². The number of aromatic nitrogens is 1. The molecule has 2 rings (SSSR count). The molecule has 80 valence electrons. The summed E-state index contributed by atoms with van der Waals surface area (Å²) in [5.41, 5.74) is 7.23. The summed E-state index contributed by atoms with van der Waals surface area (Å²) in [7, 11) is 0. The quantitative estimate of drug-likeness (QED) is 0.861. The number of thiazole rings is 1. The predicted octanol–water partition coefficient (Wildman–Crippen LogP) is 3.34. The van der Waals surface area contributed by atoms with E-state index in [1.165, 1.54) is 4.70 Å². The first-order valence-electron chi connectivity index (χ1n) is 5.33. The minimum atomic E-state index is 0.0763. The Balaban J connectivity index is 2.36. The van der Waals surface area contributed by atoms with Crippen LogP contribution in [0.1, 0.15) is 31.3 Å². The van der Waals surface area contributed by atoms with Crippen LogP contribution in [0.2, 0.25) is 0 Å². The van der Waals surface area contributed by atoms with Gasteiger partial charge in [0, 0.05) is 0 Å². The van der Waals surface area contributed by atoms with Gasteiger partial charge in [0.1, 0.15) is 5.01 Å². The van der Waals surface area contributed by atoms with Crippen LogP contribution in [0.5, 0.6) is 0 Å². The van der Waals surface area contributed by atoms with E-state index in [-0.39, 0.29) is 6.04 Å². The molecule has 0 saturated carbocycles. The summed E-state index contributed by atoms with van der Waals surface area (Å²) in [5.74, 6) is 0.491. The molecule has 0 aliphatic carbocycles. The molecule has 3 heteroatoms. The minimum absolute atomic E-state index is 0.0763. The Kier molecular flexibility index (Phi) is 3.03. The van der Waals surface area contributed by atoms with Crippen molar-refractivity contribution in [2.45, 2.75) is 26.3 Å². The van der Waals surface area contributed by atoms with E-state index in [0.717, 1.165) is 16.9 Å². The largest absolute Gasteiger partial charge is 0.322 e. The highest BCUT2D eigenvalue weighted by molar-refractivity contribution is 7.18. The van der Waals surface area contributed by atoms with Crippen molar-refractivity contribution in [1.29, 1.82) is 0 Å². The molecule has 2 atom stereocenters. The molecule has 0 radical (unpaired) electrons. The van der Waals surface area contributed by atoms with E-state index in [0.29, 0.717) is 5.92 Å². The van der Waals surface area contributed by atoms with Crippen LogP contribution >= 0.6 is 11.3 Å². The average molecular weight is 220 g/mol. The topological polar surface area (TPSA) is 38.9 Å². The number of hydrogen-bond acceptors (Lipinski definition) is 3. The standard InChI is InChI=1S/C12H16N2S/c1-3-8(2)11(13)12-14-9-6-4-5-7-10(9)15-12/h4-8,11H,3,13H2,1-2H3. The number of para-hydroxylation sites is 1. The third-order valence-corrected chi connectivity index (χ3v) is 3.99. The third kappa shape index (κ3) is 2.03. The van der Waals surface area contributed by atoms with Crippen molar-refractivity contribution >= 4 is 21.6 Å². The fourth-order valence-electron chi connectivity index (χ4n) is 1.53. The first-order valence-corrected chi connectivity index (χ1v) is 6.15. The molecule has 2 unspecified atom stereocenters. The van der Waals surface area contributed by atoms with Gasteiger partial charge in [0.15, 0.2) is 0 Å². The Morgan fingerprint density at radius 2 is 2.13 bits per heavy atom. The number of rotatable bonds is 3. The van der Waals surface area contributed by atoms with E-state index in [9.17, 15) is 0 Å². The molecule has 1 aromatic heterocycles. The van der Waals surface area contributed by atoms with Gasteiger partial charge in [-0.05, 0) is 18.1 Å². The van der Waals surface area contributed by atoms with Crippen LogP contribution in [0, 0.1) is 5.92 Å². The lowest BCUT2D eigenvalue weighted by Gasteiger charge is -2.14. The summed E-state index contributed by atoms with van der Waals surface area (Å²) in [4.78, 5) is 4.58. The lowest BCUT2D eigenvalue weighted by molar-refractivity contribution is 0.456. The Hall–Kier alpha value is -0.930. The first kappa shape index (κ1) is 10.6. The normalized spacial score (nSPS) is 15.4. The number of benzene rings is 1. The fourth-order valence-corrected chi connectivity index (χ4v) is 2.63. The summed E-state index contributed by atoms with van der Waals surface area (Å²) in [6, 6.07) is 8.27. The van der Waals surface area contributed by atoms with Crippen LogP contribution in [0.15, 0.2) is 24.3 Å². The van der Waals surface area contributed by atoms with Gasteiger partial charge in [-0.2, -0.15) is 0 Å². The second-order valence-corrected chi connectivity index (χ2v) is 4.99. The van der Waals surface area contributed by atoms with Crippen molar-refractivity contribution in [1.82, 2.24) is 4.98 Å². The number of nitrogens with two attached hydrogens (primary N) is 1. The van der Waals surface area contributed by atoms with Crippen molar-refractivity contribution < 1.29 is 0 Å². The van der Waals surface area contributed by atoms with Crippen molar-refractivity contribution in [3.8, 4) is 0 Å². The van der Waals surface area contributed by atoms with Crippen LogP contribution in [0.4, 0.5) is 0 Å². The van der Waals surface area contributed by atoms with E-state index in [4.69, 9.17) is 5.73 Å². The maximum absolute atomic E-state index is 6.16. The fraction of sp³-hybridized carbons (Fsp3) is 0.417. The van der Waals surface area contributed by atoms with Gasteiger partial charge in [0.05, 0.1) is 16.3 Å². The molecule has 0 bridgehead atoms. The summed E-state index contributed by atoms with van der Waals surface area (Å²) in [6.07, 6.45) is 1.09. The number of hydrogen-bond donors (Lipinski definition) is 1. The summed E-state index contributed by atoms with van der Waals surface area (Å²) in [5, 5.41) is 1.06. The second kappa shape index (κ2) is 4.29. The lowest BCUT2D eigenvalue weighted by atomic mass is 10.0. The highest BCUT2D eigenvalue weighted by Gasteiger charge is 2.16. The van der Waals surface area contributed by atoms with Gasteiger partial charge >= 0.3 is 0 Å². The maximum atomic E-state index is 6.16. The number of fused-ring (bicyclic) bond motifs is 1. The molecule has 0 aliphatic rings. The van der Waals surface area contributed by atoms with E-state index < -0.39 is 0 Å². The highest BCUT2D eigenvalue weighted by Crippen LogP contribution is 2.29. The van der Waals surface area contributed by atoms with Gasteiger partial charge in [-0.1, -0.05) is 32.4 Å². The third-order valence-electron chi connectivity index (χ3n) is 2.85. The highest BCUT2D eigenvalue weighted by atomic mass is 32.1. The van der Waals surface area contributed by atoms with Crippen LogP contribution in [0.25, 0.3) is 10.2 Å². The zero-order valence-electron chi connectivity index (χ0n) is 9.10. The van der Waals surface area contributed by atoms with Gasteiger partial charge in [-0.15, -0.1) is 11.3 Å². The van der Waals surface area contributed by atoms with Gasteiger partial charge < -0.3 is 5.73 Å². The summed E-state index contributed by atoms with van der Waals surface area (Å²) < 4.78 is 1.23. The zero-order chi connectivity index (χ0) is 10.8. The predicted molar refractivity (Wildman–Crippen MR) is 66.0 cm³/mol. The smallest absolute Gasteiger partial charge is 0.111 e. The van der Waals surface area contributed by atoms with E-state index >= 15 is 0 Å². The Morgan fingerprint density at radius 3 is 2.80 bits per heavy atom. The lowest BCUT2D eigenvalue weighted by Crippen LogP contribution is -2.18. The molecular weight excluding hydrogens is 204 g/mol. The maximum Gasteiger partial charge on any atom is 0.111 e. The van der Waals surface area contributed by atoms with Gasteiger partial charge in [-0.25, -0.2) is 4.98 Å². The Labute approximate surface area is 94.1 Å². The molecular formula is C12H16N2S. The van der Waals surface area contributed by atoms with Crippen molar-refractivity contribution in [2.75, 3.05) is 0 Å². The Morgan fingerprint density at radius 1 is 1.40 bits per heavy atom. The number of nitrogens with zero attached hydrogens (tertiary/aromatic N) is 1. The summed E-state index contributed by atoms with van der Waals surface area (Å²) in [6.45, 7) is 4.34. The summed E-state index contributed by atoms with van der Waals surface area (Å²) >= 11 is 1.71. The Bertz CT molecular complexity index is 417. The van der Waals surface area contributed by atoms with Crippen LogP contribution in [-0.2, 0) is 0 Å². The first-order chi connectivity index (χ1) is 7.22. The molecule has 0 aliphatic heterocycles. The second-order valence-electron chi connectivity index (χ2n) is 3.93. The molecule has 0 spiro atoms. The van der Waals surface area contributed by atoms with Crippen molar-refractivity contribution in [3.63, 3.8) is 0 Å². The van der Waals surface area contributed by atoms with E-state index in [1.807, 2.05) is 18.2 Å². The molecule has 0 fully saturated rings. The van der Waals surface area contributed by atoms with Crippen LogP contribution < -0.4 is 5.73 Å². The van der Waals surface area contributed by atoms with Gasteiger partial charge in [0.2, 0.25) is 0 Å². The molecule has 2 aromatic rings. The minimum Gasteiger partial charge on any atom is -0.322 e. The molecule has 2 N–H and O–H groups in total. The van der Waals surface area contributed by atoms with Crippen molar-refractivity contribution in [2.24, 2.45) is 11.7 Å². The molecule has 0 amide bonds. The van der Waals surface area contributed by atoms with Gasteiger partial charge in [0.25, 0.3) is 0 Å². The molecule has 15 heavy (non-hydrogen) atoms. The SMILES string of the molecule is CCC(C)C(N)c1nc2ccccc2s1. The molecule has 2 nitrogen and oxygen atoms in total. The van der Waals surface area contributed by atoms with E-state index in [1.54, 1.807) is 11.3 Å². The van der Waals surface area contributed by atoms with E-state index in [2.05, 4.69) is 24.9 Å². The van der Waals surface area contributed by atoms with Crippen LogP contribution in [0.3, 0.4) is 0 Å². The van der Waals surface area contributed by atoms with Gasteiger partial charge in [-0.3, -0.25) is 0 Å². The average Bonchev–Trinajstić information content (AvgIpc) is 2.70. The molecule has 0 saturated heterocycles. The molecule has 1 heterocycles.